The Labute approximate surface area is 110 Å². The van der Waals surface area contributed by atoms with Crippen LogP contribution in [-0.2, 0) is 0 Å². The van der Waals surface area contributed by atoms with E-state index in [0.29, 0.717) is 6.04 Å². The molecule has 0 saturated heterocycles. The molecule has 0 radical (unpaired) electrons. The highest BCUT2D eigenvalue weighted by atomic mass is 19.1. The Morgan fingerprint density at radius 2 is 1.94 bits per heavy atom. The third kappa shape index (κ3) is 4.39. The predicted octanol–water partition coefficient (Wildman–Crippen LogP) is 3.21. The summed E-state index contributed by atoms with van der Waals surface area (Å²) in [5.41, 5.74) is 0.740. The highest BCUT2D eigenvalue weighted by Gasteiger charge is 2.10. The average Bonchev–Trinajstić information content (AvgIpc) is 2.37. The molecule has 1 aromatic carbocycles. The summed E-state index contributed by atoms with van der Waals surface area (Å²) >= 11 is 0. The minimum Gasteiger partial charge on any atom is -0.309 e. The van der Waals surface area contributed by atoms with Crippen LogP contribution in [0.1, 0.15) is 38.8 Å². The molecule has 0 aliphatic heterocycles. The predicted molar refractivity (Wildman–Crippen MR) is 75.2 cm³/mol. The van der Waals surface area contributed by atoms with Crippen molar-refractivity contribution in [3.8, 4) is 0 Å². The fourth-order valence-corrected chi connectivity index (χ4v) is 1.93. The highest BCUT2D eigenvalue weighted by molar-refractivity contribution is 5.20. The summed E-state index contributed by atoms with van der Waals surface area (Å²) in [6.45, 7) is 8.27. The lowest BCUT2D eigenvalue weighted by Crippen LogP contribution is -2.35. The molecule has 0 heterocycles. The Morgan fingerprint density at radius 1 is 1.28 bits per heavy atom. The summed E-state index contributed by atoms with van der Waals surface area (Å²) in [5, 5.41) is 3.37. The summed E-state index contributed by atoms with van der Waals surface area (Å²) in [5.74, 6) is -0.132. The van der Waals surface area contributed by atoms with Gasteiger partial charge >= 0.3 is 0 Å². The van der Waals surface area contributed by atoms with Gasteiger partial charge in [-0.3, -0.25) is 0 Å². The number of benzene rings is 1. The molecule has 0 bridgehead atoms. The van der Waals surface area contributed by atoms with Crippen LogP contribution in [0, 0.1) is 5.82 Å². The molecule has 0 saturated carbocycles. The van der Waals surface area contributed by atoms with E-state index in [-0.39, 0.29) is 11.9 Å². The van der Waals surface area contributed by atoms with E-state index in [0.717, 1.165) is 25.1 Å². The fraction of sp³-hybridized carbons (Fsp3) is 0.600. The van der Waals surface area contributed by atoms with E-state index in [2.05, 4.69) is 31.1 Å². The van der Waals surface area contributed by atoms with E-state index in [9.17, 15) is 4.39 Å². The van der Waals surface area contributed by atoms with Crippen LogP contribution in [0.3, 0.4) is 0 Å². The smallest absolute Gasteiger partial charge is 0.127 e. The van der Waals surface area contributed by atoms with Crippen molar-refractivity contribution in [1.82, 2.24) is 10.2 Å². The standard InChI is InChI=1S/C15H25FN2/c1-5-12(2)18(4)11-10-17-13(3)14-8-6-7-9-15(14)16/h6-9,12-13,17H,5,10-11H2,1-4H3. The van der Waals surface area contributed by atoms with E-state index in [1.165, 1.54) is 6.07 Å². The Balaban J connectivity index is 2.38. The van der Waals surface area contributed by atoms with Crippen molar-refractivity contribution in [2.45, 2.75) is 39.3 Å². The summed E-state index contributed by atoms with van der Waals surface area (Å²) in [7, 11) is 2.13. The van der Waals surface area contributed by atoms with Gasteiger partial charge in [0.1, 0.15) is 5.82 Å². The Morgan fingerprint density at radius 3 is 2.56 bits per heavy atom. The number of nitrogens with zero attached hydrogens (tertiary/aromatic N) is 1. The van der Waals surface area contributed by atoms with Gasteiger partial charge < -0.3 is 10.2 Å². The molecule has 18 heavy (non-hydrogen) atoms. The molecule has 0 fully saturated rings. The van der Waals surface area contributed by atoms with E-state index >= 15 is 0 Å². The van der Waals surface area contributed by atoms with Crippen LogP contribution in [0.15, 0.2) is 24.3 Å². The van der Waals surface area contributed by atoms with Gasteiger partial charge in [-0.05, 0) is 33.4 Å². The van der Waals surface area contributed by atoms with Crippen molar-refractivity contribution in [1.29, 1.82) is 0 Å². The molecule has 2 atom stereocenters. The van der Waals surface area contributed by atoms with Crippen molar-refractivity contribution >= 4 is 0 Å². The quantitative estimate of drug-likeness (QED) is 0.801. The Bertz CT molecular complexity index is 354. The first-order chi connectivity index (χ1) is 8.56. The fourth-order valence-electron chi connectivity index (χ4n) is 1.93. The third-order valence-electron chi connectivity index (χ3n) is 3.63. The molecule has 0 aliphatic rings. The molecule has 0 spiro atoms. The molecule has 3 heteroatoms. The van der Waals surface area contributed by atoms with E-state index < -0.39 is 0 Å². The van der Waals surface area contributed by atoms with Crippen LogP contribution < -0.4 is 5.32 Å². The molecule has 2 nitrogen and oxygen atoms in total. The molecule has 2 unspecified atom stereocenters. The maximum atomic E-state index is 13.6. The molecular formula is C15H25FN2. The number of nitrogens with one attached hydrogen (secondary N) is 1. The number of hydrogen-bond donors (Lipinski definition) is 1. The van der Waals surface area contributed by atoms with Gasteiger partial charge in [-0.2, -0.15) is 0 Å². The molecule has 1 aromatic rings. The first-order valence-corrected chi connectivity index (χ1v) is 6.74. The van der Waals surface area contributed by atoms with E-state index in [1.54, 1.807) is 6.07 Å². The minimum absolute atomic E-state index is 0.0523. The second kappa shape index (κ2) is 7.49. The Kier molecular flexibility index (Phi) is 6.30. The first-order valence-electron chi connectivity index (χ1n) is 6.74. The lowest BCUT2D eigenvalue weighted by molar-refractivity contribution is 0.249. The number of halogens is 1. The molecule has 1 N–H and O–H groups in total. The van der Waals surface area contributed by atoms with Crippen LogP contribution in [0.5, 0.6) is 0 Å². The van der Waals surface area contributed by atoms with Gasteiger partial charge in [0, 0.05) is 30.7 Å². The lowest BCUT2D eigenvalue weighted by Gasteiger charge is -2.24. The summed E-state index contributed by atoms with van der Waals surface area (Å²) in [4.78, 5) is 2.32. The zero-order valence-electron chi connectivity index (χ0n) is 11.9. The van der Waals surface area contributed by atoms with Crippen LogP contribution in [0.4, 0.5) is 4.39 Å². The number of rotatable bonds is 7. The molecule has 1 rings (SSSR count). The summed E-state index contributed by atoms with van der Waals surface area (Å²) in [6, 6.07) is 7.60. The highest BCUT2D eigenvalue weighted by Crippen LogP contribution is 2.15. The van der Waals surface area contributed by atoms with Crippen LogP contribution >= 0.6 is 0 Å². The largest absolute Gasteiger partial charge is 0.309 e. The summed E-state index contributed by atoms with van der Waals surface area (Å²) in [6.07, 6.45) is 1.15. The van der Waals surface area contributed by atoms with Crippen LogP contribution in [0.2, 0.25) is 0 Å². The van der Waals surface area contributed by atoms with Gasteiger partial charge in [0.2, 0.25) is 0 Å². The van der Waals surface area contributed by atoms with Crippen molar-refractivity contribution in [3.63, 3.8) is 0 Å². The molecule has 102 valence electrons. The molecular weight excluding hydrogens is 227 g/mol. The van der Waals surface area contributed by atoms with Gasteiger partial charge in [0.15, 0.2) is 0 Å². The maximum absolute atomic E-state index is 13.6. The van der Waals surface area contributed by atoms with Gasteiger partial charge in [0.25, 0.3) is 0 Å². The molecule has 0 aliphatic carbocycles. The second-order valence-corrected chi connectivity index (χ2v) is 4.94. The molecule has 0 amide bonds. The first kappa shape index (κ1) is 15.1. The monoisotopic (exact) mass is 252 g/mol. The Hall–Kier alpha value is -0.930. The van der Waals surface area contributed by atoms with Gasteiger partial charge in [0.05, 0.1) is 0 Å². The SMILES string of the molecule is CCC(C)N(C)CCNC(C)c1ccccc1F. The maximum Gasteiger partial charge on any atom is 0.127 e. The average molecular weight is 252 g/mol. The van der Waals surface area contributed by atoms with Crippen molar-refractivity contribution in [2.24, 2.45) is 0 Å². The van der Waals surface area contributed by atoms with Crippen molar-refractivity contribution in [3.05, 3.63) is 35.6 Å². The summed E-state index contributed by atoms with van der Waals surface area (Å²) < 4.78 is 13.6. The van der Waals surface area contributed by atoms with Gasteiger partial charge in [-0.25, -0.2) is 4.39 Å². The van der Waals surface area contributed by atoms with Crippen LogP contribution in [0.25, 0.3) is 0 Å². The van der Waals surface area contributed by atoms with E-state index in [4.69, 9.17) is 0 Å². The second-order valence-electron chi connectivity index (χ2n) is 4.94. The van der Waals surface area contributed by atoms with Crippen molar-refractivity contribution < 1.29 is 4.39 Å². The minimum atomic E-state index is -0.132. The zero-order chi connectivity index (χ0) is 13.5. The molecule has 0 aromatic heterocycles. The van der Waals surface area contributed by atoms with Gasteiger partial charge in [-0.15, -0.1) is 0 Å². The third-order valence-corrected chi connectivity index (χ3v) is 3.63. The topological polar surface area (TPSA) is 15.3 Å². The number of likely N-dealkylation sites (N-methyl/N-ethyl adjacent to an activating group) is 1. The van der Waals surface area contributed by atoms with E-state index in [1.807, 2.05) is 19.1 Å². The lowest BCUT2D eigenvalue weighted by atomic mass is 10.1. The van der Waals surface area contributed by atoms with Gasteiger partial charge in [-0.1, -0.05) is 25.1 Å². The normalized spacial score (nSPS) is 14.8. The van der Waals surface area contributed by atoms with Crippen LogP contribution in [-0.4, -0.2) is 31.1 Å². The number of hydrogen-bond acceptors (Lipinski definition) is 2. The zero-order valence-corrected chi connectivity index (χ0v) is 11.9. The van der Waals surface area contributed by atoms with Crippen molar-refractivity contribution in [2.75, 3.05) is 20.1 Å².